The van der Waals surface area contributed by atoms with Crippen LogP contribution in [-0.4, -0.2) is 17.1 Å². The number of aromatic nitrogens is 1. The van der Waals surface area contributed by atoms with E-state index in [1.165, 1.54) is 23.7 Å². The zero-order chi connectivity index (χ0) is 19.9. The van der Waals surface area contributed by atoms with Gasteiger partial charge in [-0.2, -0.15) is 0 Å². The van der Waals surface area contributed by atoms with Crippen molar-refractivity contribution in [2.75, 3.05) is 11.9 Å². The van der Waals surface area contributed by atoms with Gasteiger partial charge in [-0.25, -0.2) is 9.87 Å². The van der Waals surface area contributed by atoms with Crippen molar-refractivity contribution in [1.29, 1.82) is 0 Å². The van der Waals surface area contributed by atoms with Crippen LogP contribution in [0.3, 0.4) is 0 Å². The summed E-state index contributed by atoms with van der Waals surface area (Å²) in [5.41, 5.74) is 3.53. The highest BCUT2D eigenvalue weighted by Crippen LogP contribution is 2.23. The Hall–Kier alpha value is -2.67. The Labute approximate surface area is 152 Å². The lowest BCUT2D eigenvalue weighted by Gasteiger charge is -2.17. The number of hydrogen-bond acceptors (Lipinski definition) is 4. The Morgan fingerprint density at radius 2 is 1.88 bits per heavy atom. The standard InChI is InChI=1S/C17H20FN3O3.C2H6/c1-5-24-20-16(22)12-9-11(3)17(23)21(4)15(12)19-14-7-6-10(2)8-13(14)18;1-2/h6-9,19H,5H2,1-4H3,(H,20,22);1-2H3. The molecule has 7 heteroatoms. The minimum Gasteiger partial charge on any atom is -0.339 e. The molecule has 1 amide bonds. The zero-order valence-corrected chi connectivity index (χ0v) is 16.1. The van der Waals surface area contributed by atoms with E-state index in [4.69, 9.17) is 4.84 Å². The molecule has 1 aromatic carbocycles. The predicted molar refractivity (Wildman–Crippen MR) is 101 cm³/mol. The lowest BCUT2D eigenvalue weighted by molar-refractivity contribution is 0.0364. The number of anilines is 2. The van der Waals surface area contributed by atoms with Crippen LogP contribution in [0, 0.1) is 19.7 Å². The number of hydroxylamine groups is 1. The van der Waals surface area contributed by atoms with Crippen LogP contribution in [0.4, 0.5) is 15.9 Å². The topological polar surface area (TPSA) is 72.4 Å². The first-order valence-electron chi connectivity index (χ1n) is 8.51. The smallest absolute Gasteiger partial charge is 0.278 e. The molecule has 0 saturated carbocycles. The molecular weight excluding hydrogens is 337 g/mol. The fraction of sp³-hybridized carbons (Fsp3) is 0.368. The SMILES string of the molecule is CC.CCONC(=O)c1cc(C)c(=O)n(C)c1Nc1ccc(C)cc1F. The molecule has 0 aliphatic rings. The number of carbonyl (C=O) groups excluding carboxylic acids is 1. The normalized spacial score (nSPS) is 9.96. The molecule has 0 atom stereocenters. The van der Waals surface area contributed by atoms with Gasteiger partial charge in [0, 0.05) is 12.6 Å². The number of benzene rings is 1. The van der Waals surface area contributed by atoms with E-state index in [1.54, 1.807) is 32.9 Å². The van der Waals surface area contributed by atoms with E-state index in [9.17, 15) is 14.0 Å². The molecule has 0 radical (unpaired) electrons. The lowest BCUT2D eigenvalue weighted by Crippen LogP contribution is -2.29. The van der Waals surface area contributed by atoms with Gasteiger partial charge in [-0.15, -0.1) is 0 Å². The van der Waals surface area contributed by atoms with Gasteiger partial charge < -0.3 is 5.32 Å². The first-order valence-corrected chi connectivity index (χ1v) is 8.51. The quantitative estimate of drug-likeness (QED) is 0.797. The molecule has 2 aromatic rings. The van der Waals surface area contributed by atoms with E-state index in [0.29, 0.717) is 12.2 Å². The summed E-state index contributed by atoms with van der Waals surface area (Å²) in [5, 5.41) is 2.83. The van der Waals surface area contributed by atoms with Crippen molar-refractivity contribution in [2.24, 2.45) is 7.05 Å². The molecule has 0 aliphatic carbocycles. The monoisotopic (exact) mass is 363 g/mol. The van der Waals surface area contributed by atoms with Crippen LogP contribution in [0.1, 0.15) is 42.3 Å². The Balaban J connectivity index is 0.00000163. The molecule has 0 saturated heterocycles. The van der Waals surface area contributed by atoms with Gasteiger partial charge in [0.1, 0.15) is 11.6 Å². The van der Waals surface area contributed by atoms with Crippen LogP contribution in [0.15, 0.2) is 29.1 Å². The molecule has 2 N–H and O–H groups in total. The molecule has 0 fully saturated rings. The molecule has 6 nitrogen and oxygen atoms in total. The maximum Gasteiger partial charge on any atom is 0.278 e. The van der Waals surface area contributed by atoms with Crippen LogP contribution in [0.2, 0.25) is 0 Å². The fourth-order valence-electron chi connectivity index (χ4n) is 2.26. The molecule has 2 rings (SSSR count). The summed E-state index contributed by atoms with van der Waals surface area (Å²) in [6.45, 7) is 9.41. The van der Waals surface area contributed by atoms with E-state index in [1.807, 2.05) is 13.8 Å². The minimum absolute atomic E-state index is 0.171. The Kier molecular flexibility index (Phi) is 7.99. The van der Waals surface area contributed by atoms with Gasteiger partial charge in [0.15, 0.2) is 0 Å². The minimum atomic E-state index is -0.523. The summed E-state index contributed by atoms with van der Waals surface area (Å²) in [6.07, 6.45) is 0. The maximum atomic E-state index is 14.1. The molecule has 0 spiro atoms. The highest BCUT2D eigenvalue weighted by Gasteiger charge is 2.18. The number of carbonyl (C=O) groups is 1. The third-order valence-electron chi connectivity index (χ3n) is 3.52. The van der Waals surface area contributed by atoms with E-state index in [2.05, 4.69) is 10.8 Å². The number of rotatable bonds is 5. The third kappa shape index (κ3) is 4.92. The molecule has 1 heterocycles. The molecule has 26 heavy (non-hydrogen) atoms. The van der Waals surface area contributed by atoms with Crippen molar-refractivity contribution in [2.45, 2.75) is 34.6 Å². The van der Waals surface area contributed by atoms with Crippen molar-refractivity contribution >= 4 is 17.4 Å². The van der Waals surface area contributed by atoms with Crippen LogP contribution >= 0.6 is 0 Å². The first-order chi connectivity index (χ1) is 12.3. The average molecular weight is 363 g/mol. The largest absolute Gasteiger partial charge is 0.339 e. The second kappa shape index (κ2) is 9.72. The number of amides is 1. The second-order valence-corrected chi connectivity index (χ2v) is 5.43. The highest BCUT2D eigenvalue weighted by molar-refractivity contribution is 5.99. The number of pyridine rings is 1. The summed E-state index contributed by atoms with van der Waals surface area (Å²) in [5.74, 6) is -0.810. The molecule has 0 aliphatic heterocycles. The first kappa shape index (κ1) is 21.4. The average Bonchev–Trinajstić information content (AvgIpc) is 2.63. The van der Waals surface area contributed by atoms with Crippen molar-refractivity contribution in [3.8, 4) is 0 Å². The van der Waals surface area contributed by atoms with Gasteiger partial charge in [-0.05, 0) is 44.5 Å². The maximum absolute atomic E-state index is 14.1. The van der Waals surface area contributed by atoms with Gasteiger partial charge in [0.25, 0.3) is 11.5 Å². The van der Waals surface area contributed by atoms with Gasteiger partial charge in [-0.1, -0.05) is 19.9 Å². The number of nitrogens with zero attached hydrogens (tertiary/aromatic N) is 1. The van der Waals surface area contributed by atoms with Gasteiger partial charge in [0.2, 0.25) is 0 Å². The van der Waals surface area contributed by atoms with Crippen LogP contribution in [-0.2, 0) is 11.9 Å². The molecular formula is C19H26FN3O3. The summed E-state index contributed by atoms with van der Waals surface area (Å²) >= 11 is 0. The predicted octanol–water partition coefficient (Wildman–Crippen LogP) is 3.59. The van der Waals surface area contributed by atoms with Gasteiger partial charge in [0.05, 0.1) is 17.9 Å². The number of nitrogens with one attached hydrogen (secondary N) is 2. The van der Waals surface area contributed by atoms with Crippen LogP contribution < -0.4 is 16.4 Å². The van der Waals surface area contributed by atoms with Crippen LogP contribution in [0.25, 0.3) is 0 Å². The van der Waals surface area contributed by atoms with Crippen molar-refractivity contribution in [1.82, 2.24) is 10.0 Å². The highest BCUT2D eigenvalue weighted by atomic mass is 19.1. The van der Waals surface area contributed by atoms with E-state index in [0.717, 1.165) is 5.56 Å². The molecule has 0 bridgehead atoms. The molecule has 1 aromatic heterocycles. The van der Waals surface area contributed by atoms with Gasteiger partial charge >= 0.3 is 0 Å². The Morgan fingerprint density at radius 3 is 2.46 bits per heavy atom. The number of aryl methyl sites for hydroxylation is 2. The van der Waals surface area contributed by atoms with Crippen molar-refractivity contribution in [3.05, 3.63) is 57.1 Å². The third-order valence-corrected chi connectivity index (χ3v) is 3.52. The van der Waals surface area contributed by atoms with E-state index < -0.39 is 11.7 Å². The summed E-state index contributed by atoms with van der Waals surface area (Å²) < 4.78 is 15.4. The summed E-state index contributed by atoms with van der Waals surface area (Å²) in [6, 6.07) is 6.11. The lowest BCUT2D eigenvalue weighted by atomic mass is 10.1. The fourth-order valence-corrected chi connectivity index (χ4v) is 2.26. The van der Waals surface area contributed by atoms with Crippen LogP contribution in [0.5, 0.6) is 0 Å². The summed E-state index contributed by atoms with van der Waals surface area (Å²) in [7, 11) is 1.52. The Morgan fingerprint density at radius 1 is 1.23 bits per heavy atom. The van der Waals surface area contributed by atoms with Gasteiger partial charge in [-0.3, -0.25) is 19.0 Å². The second-order valence-electron chi connectivity index (χ2n) is 5.43. The molecule has 142 valence electrons. The van der Waals surface area contributed by atoms with Crippen molar-refractivity contribution < 1.29 is 14.0 Å². The van der Waals surface area contributed by atoms with E-state index in [-0.39, 0.29) is 22.6 Å². The number of halogens is 1. The number of hydrogen-bond donors (Lipinski definition) is 2. The Bertz CT molecular complexity index is 832. The van der Waals surface area contributed by atoms with E-state index >= 15 is 0 Å². The summed E-state index contributed by atoms with van der Waals surface area (Å²) in [4.78, 5) is 29.4. The zero-order valence-electron chi connectivity index (χ0n) is 16.1. The van der Waals surface area contributed by atoms with Crippen molar-refractivity contribution in [3.63, 3.8) is 0 Å². The molecule has 0 unspecified atom stereocenters.